The van der Waals surface area contributed by atoms with Crippen molar-refractivity contribution in [3.8, 4) is 0 Å². The Bertz CT molecular complexity index is 772. The number of nitrogens with one attached hydrogen (secondary N) is 2. The molecule has 1 amide bonds. The zero-order valence-corrected chi connectivity index (χ0v) is 14.0. The number of esters is 1. The van der Waals surface area contributed by atoms with Gasteiger partial charge in [0.25, 0.3) is 5.91 Å². The van der Waals surface area contributed by atoms with Gasteiger partial charge in [0.15, 0.2) is 0 Å². The van der Waals surface area contributed by atoms with E-state index < -0.39 is 5.97 Å². The molecule has 3 rings (SSSR count). The van der Waals surface area contributed by atoms with Crippen molar-refractivity contribution in [2.24, 2.45) is 0 Å². The number of aromatic nitrogens is 2. The summed E-state index contributed by atoms with van der Waals surface area (Å²) in [4.78, 5) is 32.4. The van der Waals surface area contributed by atoms with Crippen LogP contribution in [0.1, 0.15) is 46.5 Å². The lowest BCUT2D eigenvalue weighted by atomic mass is 10.2. The predicted octanol–water partition coefficient (Wildman–Crippen LogP) is 2.87. The van der Waals surface area contributed by atoms with Gasteiger partial charge in [-0.05, 0) is 37.1 Å². The summed E-state index contributed by atoms with van der Waals surface area (Å²) in [6.07, 6.45) is 6.16. The van der Waals surface area contributed by atoms with E-state index in [4.69, 9.17) is 0 Å². The molecule has 0 aliphatic heterocycles. The van der Waals surface area contributed by atoms with Gasteiger partial charge in [0.2, 0.25) is 5.95 Å². The van der Waals surface area contributed by atoms with Crippen LogP contribution in [0.15, 0.2) is 36.5 Å². The summed E-state index contributed by atoms with van der Waals surface area (Å²) in [6, 6.07) is 8.48. The normalized spacial score (nSPS) is 14.1. The van der Waals surface area contributed by atoms with Crippen LogP contribution in [-0.2, 0) is 4.74 Å². The van der Waals surface area contributed by atoms with Crippen molar-refractivity contribution in [1.29, 1.82) is 0 Å². The van der Waals surface area contributed by atoms with E-state index >= 15 is 0 Å². The molecule has 0 saturated heterocycles. The molecule has 1 aromatic heterocycles. The fourth-order valence-corrected chi connectivity index (χ4v) is 2.84. The molecule has 2 aromatic rings. The highest BCUT2D eigenvalue weighted by atomic mass is 16.5. The van der Waals surface area contributed by atoms with Crippen LogP contribution >= 0.6 is 0 Å². The number of carbonyl (C=O) groups excluding carboxylic acids is 2. The third-order valence-electron chi connectivity index (χ3n) is 4.12. The molecule has 7 heteroatoms. The van der Waals surface area contributed by atoms with Gasteiger partial charge in [-0.1, -0.05) is 18.9 Å². The Labute approximate surface area is 145 Å². The Kier molecular flexibility index (Phi) is 5.23. The summed E-state index contributed by atoms with van der Waals surface area (Å²) in [5.74, 6) is -0.358. The maximum absolute atomic E-state index is 12.4. The van der Waals surface area contributed by atoms with E-state index in [2.05, 4.69) is 25.3 Å². The number of nitrogens with zero attached hydrogens (tertiary/aromatic N) is 2. The van der Waals surface area contributed by atoms with Gasteiger partial charge in [0.1, 0.15) is 5.69 Å². The van der Waals surface area contributed by atoms with E-state index in [0.29, 0.717) is 23.2 Å². The molecule has 25 heavy (non-hydrogen) atoms. The molecule has 0 bridgehead atoms. The molecular weight excluding hydrogens is 320 g/mol. The molecule has 1 aliphatic rings. The molecule has 1 heterocycles. The second kappa shape index (κ2) is 7.74. The van der Waals surface area contributed by atoms with Crippen LogP contribution in [0.2, 0.25) is 0 Å². The first-order valence-electron chi connectivity index (χ1n) is 8.25. The molecule has 7 nitrogen and oxygen atoms in total. The van der Waals surface area contributed by atoms with Gasteiger partial charge in [-0.3, -0.25) is 4.79 Å². The zero-order valence-electron chi connectivity index (χ0n) is 14.0. The van der Waals surface area contributed by atoms with Crippen LogP contribution in [0.4, 0.5) is 11.6 Å². The van der Waals surface area contributed by atoms with Crippen molar-refractivity contribution in [3.63, 3.8) is 0 Å². The van der Waals surface area contributed by atoms with Crippen LogP contribution in [0.5, 0.6) is 0 Å². The highest BCUT2D eigenvalue weighted by Crippen LogP contribution is 2.20. The molecule has 0 atom stereocenters. The van der Waals surface area contributed by atoms with Crippen LogP contribution in [-0.4, -0.2) is 35.0 Å². The van der Waals surface area contributed by atoms with Crippen LogP contribution in [0.25, 0.3) is 0 Å². The molecule has 1 saturated carbocycles. The number of ether oxygens (including phenoxy) is 1. The van der Waals surface area contributed by atoms with E-state index in [1.54, 1.807) is 36.5 Å². The zero-order chi connectivity index (χ0) is 17.6. The van der Waals surface area contributed by atoms with Crippen molar-refractivity contribution in [1.82, 2.24) is 9.97 Å². The number of hydrogen-bond donors (Lipinski definition) is 2. The molecule has 1 aliphatic carbocycles. The van der Waals surface area contributed by atoms with E-state index in [9.17, 15) is 9.59 Å². The molecule has 0 spiro atoms. The maximum Gasteiger partial charge on any atom is 0.337 e. The fraction of sp³-hybridized carbons (Fsp3) is 0.333. The van der Waals surface area contributed by atoms with E-state index in [1.165, 1.54) is 20.0 Å². The van der Waals surface area contributed by atoms with Crippen molar-refractivity contribution >= 4 is 23.5 Å². The Hall–Kier alpha value is -2.96. The summed E-state index contributed by atoms with van der Waals surface area (Å²) < 4.78 is 4.68. The first-order valence-corrected chi connectivity index (χ1v) is 8.25. The van der Waals surface area contributed by atoms with E-state index in [-0.39, 0.29) is 11.6 Å². The molecular formula is C18H20N4O3. The van der Waals surface area contributed by atoms with Crippen molar-refractivity contribution in [2.45, 2.75) is 31.7 Å². The lowest BCUT2D eigenvalue weighted by Gasteiger charge is -2.12. The molecule has 1 aromatic carbocycles. The summed E-state index contributed by atoms with van der Waals surface area (Å²) >= 11 is 0. The number of methoxy groups -OCH3 is 1. The Morgan fingerprint density at radius 3 is 2.76 bits per heavy atom. The van der Waals surface area contributed by atoms with Gasteiger partial charge in [-0.15, -0.1) is 0 Å². The van der Waals surface area contributed by atoms with Gasteiger partial charge in [-0.2, -0.15) is 0 Å². The number of amides is 1. The van der Waals surface area contributed by atoms with E-state index in [0.717, 1.165) is 12.8 Å². The Morgan fingerprint density at radius 2 is 2.00 bits per heavy atom. The van der Waals surface area contributed by atoms with Crippen molar-refractivity contribution in [3.05, 3.63) is 47.8 Å². The number of rotatable bonds is 5. The average Bonchev–Trinajstić information content (AvgIpc) is 3.14. The Morgan fingerprint density at radius 1 is 1.20 bits per heavy atom. The summed E-state index contributed by atoms with van der Waals surface area (Å²) in [5, 5.41) is 6.00. The molecule has 2 N–H and O–H groups in total. The topological polar surface area (TPSA) is 93.2 Å². The molecule has 0 radical (unpaired) electrons. The Balaban J connectivity index is 1.69. The minimum absolute atomic E-state index is 0.263. The van der Waals surface area contributed by atoms with Gasteiger partial charge in [0, 0.05) is 17.9 Å². The molecule has 130 valence electrons. The number of benzene rings is 1. The minimum Gasteiger partial charge on any atom is -0.465 e. The number of hydrogen-bond acceptors (Lipinski definition) is 6. The fourth-order valence-electron chi connectivity index (χ4n) is 2.84. The first-order chi connectivity index (χ1) is 12.2. The van der Waals surface area contributed by atoms with Crippen molar-refractivity contribution in [2.75, 3.05) is 17.7 Å². The quantitative estimate of drug-likeness (QED) is 0.813. The second-order valence-corrected chi connectivity index (χ2v) is 5.92. The van der Waals surface area contributed by atoms with Gasteiger partial charge in [-0.25, -0.2) is 14.8 Å². The third-order valence-corrected chi connectivity index (χ3v) is 4.12. The summed E-state index contributed by atoms with van der Waals surface area (Å²) in [5.41, 5.74) is 1.13. The monoisotopic (exact) mass is 340 g/mol. The molecule has 0 unspecified atom stereocenters. The second-order valence-electron chi connectivity index (χ2n) is 5.92. The average molecular weight is 340 g/mol. The van der Waals surface area contributed by atoms with Crippen LogP contribution in [0, 0.1) is 0 Å². The summed E-state index contributed by atoms with van der Waals surface area (Å²) in [6.45, 7) is 0. The van der Waals surface area contributed by atoms with Crippen LogP contribution < -0.4 is 10.6 Å². The van der Waals surface area contributed by atoms with Gasteiger partial charge >= 0.3 is 5.97 Å². The lowest BCUT2D eigenvalue weighted by molar-refractivity contribution is 0.0600. The standard InChI is InChI=1S/C18H20N4O3/c1-25-17(24)12-5-4-8-14(11-12)20-16(23)15-9-10-19-18(22-15)21-13-6-2-3-7-13/h4-5,8-11,13H,2-3,6-7H2,1H3,(H,20,23)(H,19,21,22). The van der Waals surface area contributed by atoms with Crippen molar-refractivity contribution < 1.29 is 14.3 Å². The number of anilines is 2. The van der Waals surface area contributed by atoms with Gasteiger partial charge < -0.3 is 15.4 Å². The minimum atomic E-state index is -0.457. The number of carbonyl (C=O) groups is 2. The smallest absolute Gasteiger partial charge is 0.337 e. The maximum atomic E-state index is 12.4. The highest BCUT2D eigenvalue weighted by Gasteiger charge is 2.17. The van der Waals surface area contributed by atoms with Gasteiger partial charge in [0.05, 0.1) is 12.7 Å². The highest BCUT2D eigenvalue weighted by molar-refractivity contribution is 6.03. The van der Waals surface area contributed by atoms with E-state index in [1.807, 2.05) is 0 Å². The van der Waals surface area contributed by atoms with Crippen LogP contribution in [0.3, 0.4) is 0 Å². The SMILES string of the molecule is COC(=O)c1cccc(NC(=O)c2ccnc(NC3CCCC3)n2)c1. The predicted molar refractivity (Wildman–Crippen MR) is 93.6 cm³/mol. The summed E-state index contributed by atoms with van der Waals surface area (Å²) in [7, 11) is 1.31. The first kappa shape index (κ1) is 16.9. The third kappa shape index (κ3) is 4.32. The lowest BCUT2D eigenvalue weighted by Crippen LogP contribution is -2.19. The largest absolute Gasteiger partial charge is 0.465 e. The molecule has 1 fully saturated rings.